The first-order valence-electron chi connectivity index (χ1n) is 5.60. The smallest absolute Gasteiger partial charge is 0.153 e. The van der Waals surface area contributed by atoms with E-state index in [1.165, 1.54) is 0 Å². The third kappa shape index (κ3) is 3.88. The van der Waals surface area contributed by atoms with Gasteiger partial charge in [0.15, 0.2) is 5.75 Å². The molecule has 0 aliphatic carbocycles. The van der Waals surface area contributed by atoms with Gasteiger partial charge >= 0.3 is 0 Å². The van der Waals surface area contributed by atoms with Crippen molar-refractivity contribution in [2.24, 2.45) is 10.7 Å². The van der Waals surface area contributed by atoms with Crippen LogP contribution in [0.3, 0.4) is 0 Å². The molecule has 2 aromatic carbocycles. The number of ether oxygens (including phenoxy) is 1. The molecule has 0 aliphatic rings. The monoisotopic (exact) mass is 294 g/mol. The summed E-state index contributed by atoms with van der Waals surface area (Å²) in [6.45, 7) is 0. The van der Waals surface area contributed by atoms with E-state index in [0.717, 1.165) is 0 Å². The summed E-state index contributed by atoms with van der Waals surface area (Å²) in [7, 11) is 0. The molecule has 0 radical (unpaired) electrons. The molecular formula is C14H12Cl2N2O. The highest BCUT2D eigenvalue weighted by Gasteiger charge is 2.04. The van der Waals surface area contributed by atoms with Crippen molar-refractivity contribution in [3.8, 4) is 11.5 Å². The van der Waals surface area contributed by atoms with Gasteiger partial charge in [-0.3, -0.25) is 0 Å². The lowest BCUT2D eigenvalue weighted by Crippen LogP contribution is -2.12. The summed E-state index contributed by atoms with van der Waals surface area (Å²) in [5, 5.41) is 0.657. The fourth-order valence-electron chi connectivity index (χ4n) is 1.45. The third-order valence-corrected chi connectivity index (χ3v) is 2.83. The maximum absolute atomic E-state index is 5.82. The molecule has 2 N–H and O–H groups in total. The molecule has 0 saturated carbocycles. The molecule has 0 atom stereocenters. The van der Waals surface area contributed by atoms with Gasteiger partial charge in [0.1, 0.15) is 17.3 Å². The molecule has 0 heterocycles. The Morgan fingerprint density at radius 3 is 2.47 bits per heavy atom. The molecule has 2 aromatic rings. The molecule has 0 spiro atoms. The van der Waals surface area contributed by atoms with Gasteiger partial charge in [-0.05, 0) is 36.4 Å². The van der Waals surface area contributed by atoms with Crippen LogP contribution in [0.15, 0.2) is 53.5 Å². The van der Waals surface area contributed by atoms with E-state index in [9.17, 15) is 0 Å². The van der Waals surface area contributed by atoms with Crippen LogP contribution in [0, 0.1) is 0 Å². The number of alkyl halides is 1. The van der Waals surface area contributed by atoms with Crippen LogP contribution in [0.5, 0.6) is 11.5 Å². The Morgan fingerprint density at radius 2 is 1.79 bits per heavy atom. The molecule has 3 nitrogen and oxygen atoms in total. The Kier molecular flexibility index (Phi) is 4.66. The fourth-order valence-corrected chi connectivity index (χ4v) is 1.64. The number of hydrogen-bond donors (Lipinski definition) is 1. The van der Waals surface area contributed by atoms with Gasteiger partial charge in [0.05, 0.1) is 5.88 Å². The van der Waals surface area contributed by atoms with Crippen molar-refractivity contribution in [3.63, 3.8) is 0 Å². The maximum atomic E-state index is 5.82. The summed E-state index contributed by atoms with van der Waals surface area (Å²) >= 11 is 11.4. The number of aliphatic imine (C=N–C) groups is 1. The average Bonchev–Trinajstić information content (AvgIpc) is 2.43. The highest BCUT2D eigenvalue weighted by molar-refractivity contribution is 6.30. The lowest BCUT2D eigenvalue weighted by molar-refractivity contribution is 0.484. The summed E-state index contributed by atoms with van der Waals surface area (Å²) in [6, 6.07) is 14.4. The van der Waals surface area contributed by atoms with Gasteiger partial charge in [-0.1, -0.05) is 23.7 Å². The van der Waals surface area contributed by atoms with Crippen molar-refractivity contribution < 1.29 is 4.74 Å². The number of rotatable bonds is 4. The predicted molar refractivity (Wildman–Crippen MR) is 80.0 cm³/mol. The predicted octanol–water partition coefficient (Wildman–Crippen LogP) is 4.36. The normalized spacial score (nSPS) is 11.4. The standard InChI is InChI=1S/C14H12Cl2N2O/c15-9-14(17)18-12-3-1-2-4-13(12)19-11-7-5-10(16)6-8-11/h1-8H,9H2,(H2,17,18). The van der Waals surface area contributed by atoms with Crippen LogP contribution < -0.4 is 10.5 Å². The van der Waals surface area contributed by atoms with Crippen LogP contribution in [0.25, 0.3) is 0 Å². The first kappa shape index (κ1) is 13.7. The summed E-state index contributed by atoms with van der Waals surface area (Å²) in [4.78, 5) is 4.20. The minimum absolute atomic E-state index is 0.176. The van der Waals surface area contributed by atoms with Gasteiger partial charge in [-0.25, -0.2) is 4.99 Å². The van der Waals surface area contributed by atoms with Crippen molar-refractivity contribution in [3.05, 3.63) is 53.6 Å². The van der Waals surface area contributed by atoms with Gasteiger partial charge in [0.2, 0.25) is 0 Å². The van der Waals surface area contributed by atoms with Gasteiger partial charge in [-0.15, -0.1) is 11.6 Å². The lowest BCUT2D eigenvalue weighted by Gasteiger charge is -2.08. The Bertz CT molecular complexity index is 582. The van der Waals surface area contributed by atoms with Crippen molar-refractivity contribution in [1.82, 2.24) is 0 Å². The van der Waals surface area contributed by atoms with Crippen LogP contribution in [0.4, 0.5) is 5.69 Å². The summed E-state index contributed by atoms with van der Waals surface area (Å²) in [5.74, 6) is 1.80. The maximum Gasteiger partial charge on any atom is 0.153 e. The van der Waals surface area contributed by atoms with Crippen molar-refractivity contribution in [2.75, 3.05) is 5.88 Å². The second kappa shape index (κ2) is 6.45. The molecule has 2 rings (SSSR count). The Labute approximate surface area is 121 Å². The molecule has 0 fully saturated rings. The molecule has 0 unspecified atom stereocenters. The zero-order valence-electron chi connectivity index (χ0n) is 10.0. The molecule has 0 aromatic heterocycles. The molecule has 0 amide bonds. The quantitative estimate of drug-likeness (QED) is 0.517. The minimum Gasteiger partial charge on any atom is -0.455 e. The zero-order chi connectivity index (χ0) is 13.7. The lowest BCUT2D eigenvalue weighted by atomic mass is 10.3. The van der Waals surface area contributed by atoms with Crippen LogP contribution in [0.1, 0.15) is 0 Å². The van der Waals surface area contributed by atoms with E-state index in [1.807, 2.05) is 24.3 Å². The number of benzene rings is 2. The largest absolute Gasteiger partial charge is 0.455 e. The molecule has 0 aliphatic heterocycles. The van der Waals surface area contributed by atoms with Crippen molar-refractivity contribution >= 4 is 34.7 Å². The van der Waals surface area contributed by atoms with E-state index in [2.05, 4.69) is 4.99 Å². The highest BCUT2D eigenvalue weighted by Crippen LogP contribution is 2.31. The van der Waals surface area contributed by atoms with Gasteiger partial charge in [0, 0.05) is 5.02 Å². The van der Waals surface area contributed by atoms with Gasteiger partial charge in [0.25, 0.3) is 0 Å². The zero-order valence-corrected chi connectivity index (χ0v) is 11.5. The minimum atomic E-state index is 0.176. The molecular weight excluding hydrogens is 283 g/mol. The van der Waals surface area contributed by atoms with Crippen LogP contribution >= 0.6 is 23.2 Å². The molecule has 5 heteroatoms. The van der Waals surface area contributed by atoms with Crippen LogP contribution in [-0.4, -0.2) is 11.7 Å². The number of nitrogens with two attached hydrogens (primary N) is 1. The molecule has 98 valence electrons. The van der Waals surface area contributed by atoms with E-state index in [4.69, 9.17) is 33.7 Å². The van der Waals surface area contributed by atoms with E-state index >= 15 is 0 Å². The molecule has 0 bridgehead atoms. The first-order chi connectivity index (χ1) is 9.19. The van der Waals surface area contributed by atoms with Crippen molar-refractivity contribution in [2.45, 2.75) is 0 Å². The van der Waals surface area contributed by atoms with Gasteiger partial charge < -0.3 is 10.5 Å². The number of amidine groups is 1. The third-order valence-electron chi connectivity index (χ3n) is 2.31. The van der Waals surface area contributed by atoms with Crippen molar-refractivity contribution in [1.29, 1.82) is 0 Å². The van der Waals surface area contributed by atoms with E-state index in [-0.39, 0.29) is 5.88 Å². The van der Waals surface area contributed by atoms with Crippen LogP contribution in [0.2, 0.25) is 5.02 Å². The molecule has 19 heavy (non-hydrogen) atoms. The Morgan fingerprint density at radius 1 is 1.11 bits per heavy atom. The highest BCUT2D eigenvalue weighted by atomic mass is 35.5. The van der Waals surface area contributed by atoms with E-state index < -0.39 is 0 Å². The number of nitrogens with zero attached hydrogens (tertiary/aromatic N) is 1. The topological polar surface area (TPSA) is 47.6 Å². The van der Waals surface area contributed by atoms with E-state index in [1.54, 1.807) is 24.3 Å². The summed E-state index contributed by atoms with van der Waals surface area (Å²) in [6.07, 6.45) is 0. The summed E-state index contributed by atoms with van der Waals surface area (Å²) < 4.78 is 5.75. The Balaban J connectivity index is 2.27. The van der Waals surface area contributed by atoms with Gasteiger partial charge in [-0.2, -0.15) is 0 Å². The molecule has 0 saturated heterocycles. The number of hydrogen-bond acceptors (Lipinski definition) is 2. The number of halogens is 2. The second-order valence-electron chi connectivity index (χ2n) is 3.76. The van der Waals surface area contributed by atoms with E-state index in [0.29, 0.717) is 28.0 Å². The summed E-state index contributed by atoms with van der Waals surface area (Å²) in [5.41, 5.74) is 6.27. The Hall–Kier alpha value is -1.71. The second-order valence-corrected chi connectivity index (χ2v) is 4.46. The number of para-hydroxylation sites is 2. The fraction of sp³-hybridized carbons (Fsp3) is 0.0714. The van der Waals surface area contributed by atoms with Crippen LogP contribution in [-0.2, 0) is 0 Å². The SMILES string of the molecule is NC(CCl)=Nc1ccccc1Oc1ccc(Cl)cc1. The first-order valence-corrected chi connectivity index (χ1v) is 6.52. The average molecular weight is 295 g/mol.